The summed E-state index contributed by atoms with van der Waals surface area (Å²) in [7, 11) is 0. The van der Waals surface area contributed by atoms with Gasteiger partial charge in [-0.3, -0.25) is 9.78 Å². The molecule has 0 aliphatic rings. The van der Waals surface area contributed by atoms with Gasteiger partial charge in [-0.25, -0.2) is 4.39 Å². The molecule has 0 aliphatic carbocycles. The van der Waals surface area contributed by atoms with Gasteiger partial charge in [0.2, 0.25) is 0 Å². The van der Waals surface area contributed by atoms with Gasteiger partial charge in [-0.1, -0.05) is 13.8 Å². The van der Waals surface area contributed by atoms with Gasteiger partial charge in [0.05, 0.1) is 11.8 Å². The first-order valence-electron chi connectivity index (χ1n) is 5.64. The van der Waals surface area contributed by atoms with E-state index in [0.717, 1.165) is 18.7 Å². The third-order valence-corrected chi connectivity index (χ3v) is 2.34. The first-order valence-corrected chi connectivity index (χ1v) is 5.64. The number of halogens is 1. The van der Waals surface area contributed by atoms with Gasteiger partial charge in [0.1, 0.15) is 5.82 Å². The fourth-order valence-electron chi connectivity index (χ4n) is 1.59. The molecule has 94 valence electrons. The molecule has 1 rings (SSSR count). The molecule has 1 unspecified atom stereocenters. The lowest BCUT2D eigenvalue weighted by Gasteiger charge is -2.18. The summed E-state index contributed by atoms with van der Waals surface area (Å²) in [6.45, 7) is 4.48. The van der Waals surface area contributed by atoms with Crippen molar-refractivity contribution in [2.24, 2.45) is 11.7 Å². The van der Waals surface area contributed by atoms with E-state index in [4.69, 9.17) is 5.73 Å². The summed E-state index contributed by atoms with van der Waals surface area (Å²) in [6.07, 6.45) is 3.19. The van der Waals surface area contributed by atoms with E-state index in [-0.39, 0.29) is 17.5 Å². The Kier molecular flexibility index (Phi) is 5.03. The molecule has 0 aliphatic heterocycles. The van der Waals surface area contributed by atoms with E-state index in [0.29, 0.717) is 12.5 Å². The highest BCUT2D eigenvalue weighted by atomic mass is 19.1. The summed E-state index contributed by atoms with van der Waals surface area (Å²) in [5.41, 5.74) is 5.79. The molecular formula is C12H18FN3O. The third-order valence-electron chi connectivity index (χ3n) is 2.34. The number of hydrogen-bond donors (Lipinski definition) is 2. The van der Waals surface area contributed by atoms with Crippen LogP contribution >= 0.6 is 0 Å². The topological polar surface area (TPSA) is 68.0 Å². The summed E-state index contributed by atoms with van der Waals surface area (Å²) < 4.78 is 12.9. The largest absolute Gasteiger partial charge is 0.348 e. The molecule has 0 saturated carbocycles. The van der Waals surface area contributed by atoms with Crippen LogP contribution in [0.25, 0.3) is 0 Å². The number of pyridine rings is 1. The Hall–Kier alpha value is -1.49. The van der Waals surface area contributed by atoms with Gasteiger partial charge in [0, 0.05) is 18.8 Å². The number of nitrogens with one attached hydrogen (secondary N) is 1. The number of rotatable bonds is 5. The normalized spacial score (nSPS) is 12.5. The van der Waals surface area contributed by atoms with Crippen molar-refractivity contribution in [1.82, 2.24) is 10.3 Å². The molecule has 5 heteroatoms. The van der Waals surface area contributed by atoms with E-state index in [9.17, 15) is 9.18 Å². The second-order valence-electron chi connectivity index (χ2n) is 4.43. The van der Waals surface area contributed by atoms with Crippen LogP contribution in [0, 0.1) is 11.7 Å². The number of nitrogens with zero attached hydrogens (tertiary/aromatic N) is 1. The van der Waals surface area contributed by atoms with Crippen LogP contribution < -0.4 is 11.1 Å². The molecule has 1 aromatic heterocycles. The standard InChI is InChI=1S/C12H18FN3O/c1-8(2)3-11(5-14)16-12(17)9-4-10(13)7-15-6-9/h4,6-8,11H,3,5,14H2,1-2H3,(H,16,17). The summed E-state index contributed by atoms with van der Waals surface area (Å²) in [5.74, 6) is -0.423. The first kappa shape index (κ1) is 13.6. The Balaban J connectivity index is 2.64. The molecule has 1 aromatic rings. The van der Waals surface area contributed by atoms with Crippen LogP contribution in [-0.4, -0.2) is 23.5 Å². The van der Waals surface area contributed by atoms with E-state index < -0.39 is 5.82 Å². The number of hydrogen-bond acceptors (Lipinski definition) is 3. The SMILES string of the molecule is CC(C)CC(CN)NC(=O)c1cncc(F)c1. The Bertz CT molecular complexity index is 382. The molecule has 3 N–H and O–H groups in total. The molecule has 17 heavy (non-hydrogen) atoms. The van der Waals surface area contributed by atoms with E-state index in [1.807, 2.05) is 0 Å². The monoisotopic (exact) mass is 239 g/mol. The van der Waals surface area contributed by atoms with E-state index in [1.165, 1.54) is 6.20 Å². The Morgan fingerprint density at radius 2 is 2.24 bits per heavy atom. The molecule has 4 nitrogen and oxygen atoms in total. The predicted molar refractivity (Wildman–Crippen MR) is 64.0 cm³/mol. The number of carbonyl (C=O) groups is 1. The van der Waals surface area contributed by atoms with Crippen molar-refractivity contribution in [2.45, 2.75) is 26.3 Å². The summed E-state index contributed by atoms with van der Waals surface area (Å²) in [5, 5.41) is 2.77. The lowest BCUT2D eigenvalue weighted by atomic mass is 10.0. The zero-order chi connectivity index (χ0) is 12.8. The summed E-state index contributed by atoms with van der Waals surface area (Å²) >= 11 is 0. The smallest absolute Gasteiger partial charge is 0.253 e. The molecule has 1 atom stereocenters. The van der Waals surface area contributed by atoms with Gasteiger partial charge in [-0.2, -0.15) is 0 Å². The number of aromatic nitrogens is 1. The third kappa shape index (κ3) is 4.48. The molecule has 0 bridgehead atoms. The minimum Gasteiger partial charge on any atom is -0.348 e. The van der Waals surface area contributed by atoms with Gasteiger partial charge in [0.25, 0.3) is 5.91 Å². The number of amides is 1. The van der Waals surface area contributed by atoms with Crippen molar-refractivity contribution < 1.29 is 9.18 Å². The zero-order valence-electron chi connectivity index (χ0n) is 10.1. The summed E-state index contributed by atoms with van der Waals surface area (Å²) in [6, 6.07) is 1.07. The van der Waals surface area contributed by atoms with E-state index in [2.05, 4.69) is 24.1 Å². The van der Waals surface area contributed by atoms with Gasteiger partial charge in [-0.05, 0) is 18.4 Å². The Morgan fingerprint density at radius 1 is 1.53 bits per heavy atom. The lowest BCUT2D eigenvalue weighted by molar-refractivity contribution is 0.0933. The van der Waals surface area contributed by atoms with Gasteiger partial charge in [-0.15, -0.1) is 0 Å². The zero-order valence-corrected chi connectivity index (χ0v) is 10.1. The molecule has 0 radical (unpaired) electrons. The minimum atomic E-state index is -0.522. The second-order valence-corrected chi connectivity index (χ2v) is 4.43. The fraction of sp³-hybridized carbons (Fsp3) is 0.500. The van der Waals surface area contributed by atoms with Crippen molar-refractivity contribution in [3.05, 3.63) is 29.8 Å². The van der Waals surface area contributed by atoms with E-state index in [1.54, 1.807) is 0 Å². The van der Waals surface area contributed by atoms with Crippen LogP contribution in [-0.2, 0) is 0 Å². The van der Waals surface area contributed by atoms with Crippen LogP contribution in [0.2, 0.25) is 0 Å². The maximum absolute atomic E-state index is 12.9. The second kappa shape index (κ2) is 6.30. The van der Waals surface area contributed by atoms with Crippen molar-refractivity contribution in [3.63, 3.8) is 0 Å². The van der Waals surface area contributed by atoms with Crippen LogP contribution in [0.15, 0.2) is 18.5 Å². The van der Waals surface area contributed by atoms with Crippen LogP contribution in [0.5, 0.6) is 0 Å². The van der Waals surface area contributed by atoms with Crippen molar-refractivity contribution in [2.75, 3.05) is 6.54 Å². The lowest BCUT2D eigenvalue weighted by Crippen LogP contribution is -2.41. The number of nitrogens with two attached hydrogens (primary N) is 1. The molecule has 0 aromatic carbocycles. The maximum Gasteiger partial charge on any atom is 0.253 e. The van der Waals surface area contributed by atoms with Crippen LogP contribution in [0.4, 0.5) is 4.39 Å². The predicted octanol–water partition coefficient (Wildman–Crippen LogP) is 1.32. The molecule has 0 spiro atoms. The minimum absolute atomic E-state index is 0.0919. The van der Waals surface area contributed by atoms with Crippen LogP contribution in [0.1, 0.15) is 30.6 Å². The molecule has 1 amide bonds. The molecule has 0 saturated heterocycles. The van der Waals surface area contributed by atoms with Crippen molar-refractivity contribution in [3.8, 4) is 0 Å². The van der Waals surface area contributed by atoms with Gasteiger partial charge < -0.3 is 11.1 Å². The highest BCUT2D eigenvalue weighted by molar-refractivity contribution is 5.94. The maximum atomic E-state index is 12.9. The van der Waals surface area contributed by atoms with Gasteiger partial charge >= 0.3 is 0 Å². The van der Waals surface area contributed by atoms with Crippen LogP contribution in [0.3, 0.4) is 0 Å². The fourth-order valence-corrected chi connectivity index (χ4v) is 1.59. The molecule has 1 heterocycles. The van der Waals surface area contributed by atoms with Crippen molar-refractivity contribution >= 4 is 5.91 Å². The number of carbonyl (C=O) groups excluding carboxylic acids is 1. The summed E-state index contributed by atoms with van der Waals surface area (Å²) in [4.78, 5) is 15.4. The average Bonchev–Trinajstić information content (AvgIpc) is 2.27. The molecule has 0 fully saturated rings. The highest BCUT2D eigenvalue weighted by Gasteiger charge is 2.14. The molecular weight excluding hydrogens is 221 g/mol. The Morgan fingerprint density at radius 3 is 2.76 bits per heavy atom. The van der Waals surface area contributed by atoms with E-state index >= 15 is 0 Å². The highest BCUT2D eigenvalue weighted by Crippen LogP contribution is 2.06. The first-order chi connectivity index (χ1) is 8.02. The van der Waals surface area contributed by atoms with Gasteiger partial charge in [0.15, 0.2) is 0 Å². The average molecular weight is 239 g/mol. The van der Waals surface area contributed by atoms with Crippen molar-refractivity contribution in [1.29, 1.82) is 0 Å². The Labute approximate surface area is 100 Å². The quantitative estimate of drug-likeness (QED) is 0.814.